The number of rotatable bonds is 5. The average molecular weight is 424 g/mol. The standard InChI is InChI=1S/C23H18F2N2O2S/c1-14-9-17(10-16-7-8-18(24)19(25)11-16)22(29)27-13-20(30-23(14)27)21(28)26-12-15-5-3-2-4-6-15/h2-9,11,13H,10,12H2,1H3,(H,26,28). The summed E-state index contributed by atoms with van der Waals surface area (Å²) in [6.45, 7) is 2.24. The summed E-state index contributed by atoms with van der Waals surface area (Å²) in [5.41, 5.74) is 2.48. The fourth-order valence-corrected chi connectivity index (χ4v) is 4.27. The van der Waals surface area contributed by atoms with Crippen LogP contribution < -0.4 is 10.9 Å². The quantitative estimate of drug-likeness (QED) is 0.514. The predicted molar refractivity (Wildman–Crippen MR) is 113 cm³/mol. The second-order valence-electron chi connectivity index (χ2n) is 7.02. The number of carbonyl (C=O) groups excluding carboxylic acids is 1. The summed E-state index contributed by atoms with van der Waals surface area (Å²) in [7, 11) is 0. The normalized spacial score (nSPS) is 11.0. The van der Waals surface area contributed by atoms with Crippen molar-refractivity contribution in [2.45, 2.75) is 19.9 Å². The second-order valence-corrected chi connectivity index (χ2v) is 8.05. The van der Waals surface area contributed by atoms with Gasteiger partial charge in [-0.1, -0.05) is 36.4 Å². The number of pyridine rings is 1. The number of benzene rings is 2. The Morgan fingerprint density at radius 2 is 1.80 bits per heavy atom. The van der Waals surface area contributed by atoms with E-state index in [9.17, 15) is 18.4 Å². The molecule has 0 unspecified atom stereocenters. The molecule has 1 amide bonds. The van der Waals surface area contributed by atoms with Gasteiger partial charge in [-0.3, -0.25) is 14.0 Å². The number of amides is 1. The molecular weight excluding hydrogens is 406 g/mol. The summed E-state index contributed by atoms with van der Waals surface area (Å²) in [6, 6.07) is 14.9. The molecule has 0 aliphatic carbocycles. The van der Waals surface area contributed by atoms with Gasteiger partial charge in [0.2, 0.25) is 0 Å². The Hall–Kier alpha value is -3.32. The van der Waals surface area contributed by atoms with Crippen molar-refractivity contribution in [2.24, 2.45) is 0 Å². The highest BCUT2D eigenvalue weighted by molar-refractivity contribution is 7.19. The van der Waals surface area contributed by atoms with Gasteiger partial charge in [-0.15, -0.1) is 11.3 Å². The molecule has 0 saturated carbocycles. The topological polar surface area (TPSA) is 50.6 Å². The highest BCUT2D eigenvalue weighted by Gasteiger charge is 2.15. The monoisotopic (exact) mass is 424 g/mol. The van der Waals surface area contributed by atoms with Crippen molar-refractivity contribution >= 4 is 22.1 Å². The lowest BCUT2D eigenvalue weighted by Crippen LogP contribution is -2.22. The Labute approximate surface area is 175 Å². The predicted octanol–water partition coefficient (Wildman–Crippen LogP) is 4.47. The minimum Gasteiger partial charge on any atom is -0.347 e. The van der Waals surface area contributed by atoms with Crippen LogP contribution >= 0.6 is 11.3 Å². The molecule has 0 aliphatic rings. The third-order valence-corrected chi connectivity index (χ3v) is 6.01. The lowest BCUT2D eigenvalue weighted by Gasteiger charge is -2.05. The zero-order chi connectivity index (χ0) is 21.3. The molecule has 0 spiro atoms. The average Bonchev–Trinajstić information content (AvgIpc) is 3.20. The van der Waals surface area contributed by atoms with Crippen LogP contribution in [0.4, 0.5) is 8.78 Å². The Balaban J connectivity index is 1.61. The molecule has 7 heteroatoms. The van der Waals surface area contributed by atoms with Crippen molar-refractivity contribution in [1.82, 2.24) is 9.72 Å². The zero-order valence-electron chi connectivity index (χ0n) is 16.1. The van der Waals surface area contributed by atoms with Gasteiger partial charge in [0.15, 0.2) is 11.6 Å². The van der Waals surface area contributed by atoms with Gasteiger partial charge in [0.05, 0.1) is 0 Å². The van der Waals surface area contributed by atoms with Crippen molar-refractivity contribution in [3.8, 4) is 0 Å². The van der Waals surface area contributed by atoms with Gasteiger partial charge < -0.3 is 5.32 Å². The van der Waals surface area contributed by atoms with E-state index in [2.05, 4.69) is 5.32 Å². The number of hydrogen-bond donors (Lipinski definition) is 1. The molecule has 2 aromatic heterocycles. The maximum Gasteiger partial charge on any atom is 0.263 e. The fraction of sp³-hybridized carbons (Fsp3) is 0.130. The highest BCUT2D eigenvalue weighted by atomic mass is 32.1. The molecule has 30 heavy (non-hydrogen) atoms. The van der Waals surface area contributed by atoms with E-state index >= 15 is 0 Å². The van der Waals surface area contributed by atoms with Crippen molar-refractivity contribution < 1.29 is 13.6 Å². The summed E-state index contributed by atoms with van der Waals surface area (Å²) < 4.78 is 28.1. The maximum atomic E-state index is 13.5. The van der Waals surface area contributed by atoms with Crippen LogP contribution in [0.1, 0.15) is 31.9 Å². The molecule has 4 rings (SSSR count). The van der Waals surface area contributed by atoms with E-state index in [1.165, 1.54) is 28.0 Å². The highest BCUT2D eigenvalue weighted by Crippen LogP contribution is 2.22. The van der Waals surface area contributed by atoms with Crippen LogP contribution in [-0.4, -0.2) is 10.3 Å². The van der Waals surface area contributed by atoms with Gasteiger partial charge in [-0.05, 0) is 41.8 Å². The first-order valence-corrected chi connectivity index (χ1v) is 10.1. The maximum absolute atomic E-state index is 13.5. The SMILES string of the molecule is Cc1cc(Cc2ccc(F)c(F)c2)c(=O)n2cc(C(=O)NCc3ccccc3)sc12. The molecule has 0 atom stereocenters. The number of carbonyl (C=O) groups is 1. The summed E-state index contributed by atoms with van der Waals surface area (Å²) in [4.78, 5) is 26.6. The Morgan fingerprint density at radius 1 is 1.03 bits per heavy atom. The van der Waals surface area contributed by atoms with Gasteiger partial charge in [0.1, 0.15) is 9.71 Å². The van der Waals surface area contributed by atoms with E-state index in [0.29, 0.717) is 27.4 Å². The Morgan fingerprint density at radius 3 is 2.53 bits per heavy atom. The molecular formula is C23H18F2N2O2S. The first-order valence-electron chi connectivity index (χ1n) is 9.33. The second kappa shape index (κ2) is 8.20. The lowest BCUT2D eigenvalue weighted by atomic mass is 10.0. The van der Waals surface area contributed by atoms with Crippen molar-refractivity contribution in [2.75, 3.05) is 0 Å². The van der Waals surface area contributed by atoms with E-state index in [1.807, 2.05) is 37.3 Å². The first kappa shape index (κ1) is 20.0. The van der Waals surface area contributed by atoms with Gasteiger partial charge in [0.25, 0.3) is 11.5 Å². The van der Waals surface area contributed by atoms with Gasteiger partial charge in [0, 0.05) is 24.7 Å². The molecule has 0 aliphatic heterocycles. The van der Waals surface area contributed by atoms with Crippen LogP contribution in [0, 0.1) is 18.6 Å². The lowest BCUT2D eigenvalue weighted by molar-refractivity contribution is 0.0954. The van der Waals surface area contributed by atoms with Crippen molar-refractivity contribution in [3.05, 3.63) is 110 Å². The zero-order valence-corrected chi connectivity index (χ0v) is 16.9. The van der Waals surface area contributed by atoms with E-state index in [1.54, 1.807) is 6.07 Å². The molecule has 4 nitrogen and oxygen atoms in total. The van der Waals surface area contributed by atoms with Gasteiger partial charge in [-0.25, -0.2) is 8.78 Å². The molecule has 1 N–H and O–H groups in total. The van der Waals surface area contributed by atoms with Crippen molar-refractivity contribution in [3.63, 3.8) is 0 Å². The smallest absolute Gasteiger partial charge is 0.263 e. The van der Waals surface area contributed by atoms with Gasteiger partial charge in [-0.2, -0.15) is 0 Å². The molecule has 2 heterocycles. The summed E-state index contributed by atoms with van der Waals surface area (Å²) in [5.74, 6) is -2.13. The van der Waals surface area contributed by atoms with E-state index in [0.717, 1.165) is 23.3 Å². The largest absolute Gasteiger partial charge is 0.347 e. The fourth-order valence-electron chi connectivity index (χ4n) is 3.28. The summed E-state index contributed by atoms with van der Waals surface area (Å²) in [6.07, 6.45) is 1.70. The van der Waals surface area contributed by atoms with E-state index < -0.39 is 11.6 Å². The van der Waals surface area contributed by atoms with E-state index in [4.69, 9.17) is 0 Å². The van der Waals surface area contributed by atoms with Crippen LogP contribution in [0.25, 0.3) is 4.83 Å². The number of halogens is 2. The summed E-state index contributed by atoms with van der Waals surface area (Å²) >= 11 is 1.24. The number of aromatic nitrogens is 1. The minimum absolute atomic E-state index is 0.172. The first-order chi connectivity index (χ1) is 14.4. The number of fused-ring (bicyclic) bond motifs is 1. The molecule has 0 saturated heterocycles. The Kier molecular flexibility index (Phi) is 5.46. The van der Waals surface area contributed by atoms with Crippen LogP contribution in [0.15, 0.2) is 65.6 Å². The molecule has 152 valence electrons. The molecule has 2 aromatic carbocycles. The number of thiazole rings is 1. The third kappa shape index (κ3) is 4.02. The Bertz CT molecular complexity index is 1300. The number of nitrogens with one attached hydrogen (secondary N) is 1. The molecule has 0 fully saturated rings. The summed E-state index contributed by atoms with van der Waals surface area (Å²) in [5, 5.41) is 2.86. The van der Waals surface area contributed by atoms with Crippen LogP contribution in [-0.2, 0) is 13.0 Å². The number of hydrogen-bond acceptors (Lipinski definition) is 3. The van der Waals surface area contributed by atoms with Crippen LogP contribution in [0.5, 0.6) is 0 Å². The molecule has 0 radical (unpaired) electrons. The van der Waals surface area contributed by atoms with Gasteiger partial charge >= 0.3 is 0 Å². The third-order valence-electron chi connectivity index (χ3n) is 4.79. The van der Waals surface area contributed by atoms with Crippen molar-refractivity contribution in [1.29, 1.82) is 0 Å². The minimum atomic E-state index is -0.946. The molecule has 4 aromatic rings. The molecule has 0 bridgehead atoms. The van der Waals surface area contributed by atoms with Crippen LogP contribution in [0.2, 0.25) is 0 Å². The van der Waals surface area contributed by atoms with Crippen LogP contribution in [0.3, 0.4) is 0 Å². The number of nitrogens with zero attached hydrogens (tertiary/aromatic N) is 1. The van der Waals surface area contributed by atoms with E-state index in [-0.39, 0.29) is 17.9 Å². The number of aryl methyl sites for hydroxylation is 1.